The Labute approximate surface area is 178 Å². The van der Waals surface area contributed by atoms with Gasteiger partial charge in [-0.05, 0) is 31.6 Å². The zero-order chi connectivity index (χ0) is 23.5. The van der Waals surface area contributed by atoms with Crippen molar-refractivity contribution in [1.29, 1.82) is 0 Å². The Morgan fingerprint density at radius 1 is 0.900 bits per heavy atom. The molecule has 0 aliphatic heterocycles. The minimum atomic E-state index is -2.07. The summed E-state index contributed by atoms with van der Waals surface area (Å²) in [4.78, 5) is 48.9. The van der Waals surface area contributed by atoms with Crippen LogP contribution in [0, 0.1) is 17.3 Å². The van der Waals surface area contributed by atoms with E-state index in [1.807, 2.05) is 0 Å². The fourth-order valence-corrected chi connectivity index (χ4v) is 2.91. The van der Waals surface area contributed by atoms with Crippen molar-refractivity contribution >= 4 is 23.6 Å². The molecule has 174 valence electrons. The third-order valence-electron chi connectivity index (χ3n) is 4.94. The third kappa shape index (κ3) is 9.21. The normalized spacial score (nSPS) is 15.4. The first kappa shape index (κ1) is 28.0. The molecule has 0 fully saturated rings. The van der Waals surface area contributed by atoms with E-state index in [1.54, 1.807) is 13.8 Å². The van der Waals surface area contributed by atoms with Crippen LogP contribution in [0.3, 0.4) is 0 Å². The molecule has 0 aliphatic rings. The van der Waals surface area contributed by atoms with Crippen LogP contribution in [0.5, 0.6) is 0 Å². The highest BCUT2D eigenvalue weighted by molar-refractivity contribution is 6.06. The van der Waals surface area contributed by atoms with Crippen LogP contribution in [0.15, 0.2) is 0 Å². The van der Waals surface area contributed by atoms with Crippen molar-refractivity contribution < 1.29 is 34.5 Å². The van der Waals surface area contributed by atoms with Crippen LogP contribution in [0.1, 0.15) is 66.7 Å². The number of hydrogen-bond acceptors (Lipinski definition) is 6. The minimum absolute atomic E-state index is 0.0564. The van der Waals surface area contributed by atoms with Gasteiger partial charge in [-0.15, -0.1) is 0 Å². The number of aliphatic carboxylic acids is 1. The molecule has 0 bridgehead atoms. The van der Waals surface area contributed by atoms with Gasteiger partial charge in [0.15, 0.2) is 5.78 Å². The van der Waals surface area contributed by atoms with Gasteiger partial charge >= 0.3 is 5.97 Å². The standard InChI is InChI=1S/C21H38N2O7/c1-13(2)8-6-7-9-17(26)22-16(11-24)19(28)23-15(10-14(3)4)18(27)21(5,12-25)20(29)30/h13-16,24-25H,6-12H2,1-5H3,(H,22,26)(H,23,28)(H,29,30)/t15-,16-,21?/m0/s1. The number of aliphatic hydroxyl groups is 2. The summed E-state index contributed by atoms with van der Waals surface area (Å²) in [5.41, 5.74) is -2.07. The van der Waals surface area contributed by atoms with Crippen molar-refractivity contribution in [3.8, 4) is 0 Å². The molecule has 0 saturated heterocycles. The summed E-state index contributed by atoms with van der Waals surface area (Å²) in [5.74, 6) is -3.01. The largest absolute Gasteiger partial charge is 0.480 e. The van der Waals surface area contributed by atoms with E-state index in [4.69, 9.17) is 0 Å². The molecule has 3 atom stereocenters. The van der Waals surface area contributed by atoms with Crippen LogP contribution in [-0.4, -0.2) is 64.2 Å². The number of Topliss-reactive ketones (excluding diaryl/α,β-unsaturated/α-hetero) is 1. The van der Waals surface area contributed by atoms with E-state index in [2.05, 4.69) is 24.5 Å². The molecule has 0 spiro atoms. The van der Waals surface area contributed by atoms with Gasteiger partial charge in [-0.1, -0.05) is 40.5 Å². The van der Waals surface area contributed by atoms with Gasteiger partial charge in [-0.2, -0.15) is 0 Å². The minimum Gasteiger partial charge on any atom is -0.480 e. The Morgan fingerprint density at radius 2 is 1.50 bits per heavy atom. The van der Waals surface area contributed by atoms with Crippen molar-refractivity contribution in [3.05, 3.63) is 0 Å². The maximum atomic E-state index is 12.8. The first-order valence-electron chi connectivity index (χ1n) is 10.5. The quantitative estimate of drug-likeness (QED) is 0.191. The number of carboxylic acid groups (broad SMARTS) is 1. The molecule has 1 unspecified atom stereocenters. The summed E-state index contributed by atoms with van der Waals surface area (Å²) in [6.45, 7) is 7.29. The molecule has 9 nitrogen and oxygen atoms in total. The predicted molar refractivity (Wildman–Crippen MR) is 112 cm³/mol. The molecule has 0 radical (unpaired) electrons. The molecule has 9 heteroatoms. The number of carboxylic acids is 1. The molecule has 0 heterocycles. The lowest BCUT2D eigenvalue weighted by Crippen LogP contribution is -2.57. The van der Waals surface area contributed by atoms with Crippen LogP contribution in [-0.2, 0) is 19.2 Å². The number of hydrogen-bond donors (Lipinski definition) is 5. The maximum absolute atomic E-state index is 12.8. The number of carbonyl (C=O) groups excluding carboxylic acids is 3. The van der Waals surface area contributed by atoms with Crippen LogP contribution >= 0.6 is 0 Å². The Hall–Kier alpha value is -2.00. The second-order valence-corrected chi connectivity index (χ2v) is 8.79. The Morgan fingerprint density at radius 3 is 1.93 bits per heavy atom. The summed E-state index contributed by atoms with van der Waals surface area (Å²) >= 11 is 0. The number of aliphatic hydroxyl groups excluding tert-OH is 2. The van der Waals surface area contributed by atoms with E-state index < -0.39 is 48.4 Å². The van der Waals surface area contributed by atoms with Gasteiger partial charge in [-0.25, -0.2) is 0 Å². The molecule has 0 aromatic heterocycles. The molecule has 0 saturated carbocycles. The molecular weight excluding hydrogens is 392 g/mol. The smallest absolute Gasteiger partial charge is 0.319 e. The molecule has 2 amide bonds. The lowest BCUT2D eigenvalue weighted by Gasteiger charge is -2.29. The number of carbonyl (C=O) groups is 4. The molecular formula is C21H38N2O7. The third-order valence-corrected chi connectivity index (χ3v) is 4.94. The molecule has 30 heavy (non-hydrogen) atoms. The first-order chi connectivity index (χ1) is 13.9. The zero-order valence-electron chi connectivity index (χ0n) is 18.7. The number of ketones is 1. The second-order valence-electron chi connectivity index (χ2n) is 8.79. The highest BCUT2D eigenvalue weighted by Gasteiger charge is 2.45. The predicted octanol–water partition coefficient (Wildman–Crippen LogP) is 0.863. The van der Waals surface area contributed by atoms with Crippen molar-refractivity contribution in [1.82, 2.24) is 10.6 Å². The zero-order valence-corrected chi connectivity index (χ0v) is 18.7. The first-order valence-corrected chi connectivity index (χ1v) is 10.5. The van der Waals surface area contributed by atoms with Gasteiger partial charge in [0.1, 0.15) is 11.5 Å². The summed E-state index contributed by atoms with van der Waals surface area (Å²) in [5, 5.41) is 33.2. The molecule has 0 aromatic carbocycles. The van der Waals surface area contributed by atoms with Gasteiger partial charge in [0, 0.05) is 6.42 Å². The van der Waals surface area contributed by atoms with Crippen molar-refractivity contribution in [2.45, 2.75) is 78.8 Å². The molecule has 5 N–H and O–H groups in total. The lowest BCUT2D eigenvalue weighted by molar-refractivity contribution is -0.158. The lowest BCUT2D eigenvalue weighted by atomic mass is 9.80. The van der Waals surface area contributed by atoms with E-state index in [0.29, 0.717) is 12.3 Å². The van der Waals surface area contributed by atoms with Crippen molar-refractivity contribution in [2.75, 3.05) is 13.2 Å². The Kier molecular flexibility index (Phi) is 12.4. The summed E-state index contributed by atoms with van der Waals surface area (Å²) in [7, 11) is 0. The highest BCUT2D eigenvalue weighted by atomic mass is 16.4. The van der Waals surface area contributed by atoms with Crippen LogP contribution in [0.2, 0.25) is 0 Å². The summed E-state index contributed by atoms with van der Waals surface area (Å²) in [6, 6.07) is -2.43. The van der Waals surface area contributed by atoms with Gasteiger partial charge in [0.05, 0.1) is 19.3 Å². The number of rotatable bonds is 15. The topological polar surface area (TPSA) is 153 Å². The van der Waals surface area contributed by atoms with Crippen LogP contribution < -0.4 is 10.6 Å². The van der Waals surface area contributed by atoms with Crippen LogP contribution in [0.25, 0.3) is 0 Å². The highest BCUT2D eigenvalue weighted by Crippen LogP contribution is 2.22. The van der Waals surface area contributed by atoms with E-state index >= 15 is 0 Å². The monoisotopic (exact) mass is 430 g/mol. The average molecular weight is 431 g/mol. The SMILES string of the molecule is CC(C)CCCCC(=O)N[C@@H](CO)C(=O)N[C@@H](CC(C)C)C(=O)C(C)(CO)C(=O)O. The fourth-order valence-electron chi connectivity index (χ4n) is 2.91. The van der Waals surface area contributed by atoms with Gasteiger partial charge < -0.3 is 26.0 Å². The van der Waals surface area contributed by atoms with E-state index in [0.717, 1.165) is 19.8 Å². The number of amides is 2. The maximum Gasteiger partial charge on any atom is 0.319 e. The van der Waals surface area contributed by atoms with Crippen molar-refractivity contribution in [3.63, 3.8) is 0 Å². The van der Waals surface area contributed by atoms with E-state index in [-0.39, 0.29) is 24.7 Å². The van der Waals surface area contributed by atoms with Crippen LogP contribution in [0.4, 0.5) is 0 Å². The van der Waals surface area contributed by atoms with Crippen molar-refractivity contribution in [2.24, 2.45) is 17.3 Å². The van der Waals surface area contributed by atoms with Gasteiger partial charge in [0.25, 0.3) is 0 Å². The molecule has 0 aliphatic carbocycles. The number of unbranched alkanes of at least 4 members (excludes halogenated alkanes) is 1. The molecule has 0 aromatic rings. The van der Waals surface area contributed by atoms with E-state index in [9.17, 15) is 34.5 Å². The Bertz CT molecular complexity index is 592. The molecule has 0 rings (SSSR count). The summed E-state index contributed by atoms with van der Waals surface area (Å²) < 4.78 is 0. The average Bonchev–Trinajstić information content (AvgIpc) is 2.66. The summed E-state index contributed by atoms with van der Waals surface area (Å²) in [6.07, 6.45) is 2.89. The van der Waals surface area contributed by atoms with E-state index in [1.165, 1.54) is 0 Å². The fraction of sp³-hybridized carbons (Fsp3) is 0.810. The Balaban J connectivity index is 5.12. The van der Waals surface area contributed by atoms with Gasteiger partial charge in [-0.3, -0.25) is 19.2 Å². The van der Waals surface area contributed by atoms with Gasteiger partial charge in [0.2, 0.25) is 11.8 Å². The second kappa shape index (κ2) is 13.3. The number of nitrogens with one attached hydrogen (secondary N) is 2.